The fourth-order valence-corrected chi connectivity index (χ4v) is 3.89. The third-order valence-electron chi connectivity index (χ3n) is 5.60. The van der Waals surface area contributed by atoms with Gasteiger partial charge < -0.3 is 19.7 Å². The van der Waals surface area contributed by atoms with Gasteiger partial charge in [0.1, 0.15) is 30.1 Å². The molecule has 5 nitrogen and oxygen atoms in total. The number of carbonyl (C=O) groups is 1. The van der Waals surface area contributed by atoms with Crippen molar-refractivity contribution in [3.8, 4) is 11.5 Å². The van der Waals surface area contributed by atoms with Gasteiger partial charge in [-0.2, -0.15) is 0 Å². The summed E-state index contributed by atoms with van der Waals surface area (Å²) in [5.74, 6) is 0.983. The molecule has 4 rings (SSSR count). The van der Waals surface area contributed by atoms with E-state index in [0.29, 0.717) is 23.6 Å². The van der Waals surface area contributed by atoms with Crippen molar-refractivity contribution in [2.24, 2.45) is 0 Å². The van der Waals surface area contributed by atoms with Crippen molar-refractivity contribution >= 4 is 11.6 Å². The SMILES string of the molecule is CCCCN1C(=O)c2ccccc2NC1c1ccc(OC)c(COc2ccc(F)cc2)c1. The van der Waals surface area contributed by atoms with E-state index in [9.17, 15) is 9.18 Å². The van der Waals surface area contributed by atoms with Crippen LogP contribution in [0.25, 0.3) is 0 Å². The second kappa shape index (κ2) is 9.73. The summed E-state index contributed by atoms with van der Waals surface area (Å²) < 4.78 is 24.6. The fraction of sp³-hybridized carbons (Fsp3) is 0.269. The maximum Gasteiger partial charge on any atom is 0.257 e. The first-order chi connectivity index (χ1) is 15.6. The van der Waals surface area contributed by atoms with Gasteiger partial charge in [0.2, 0.25) is 0 Å². The third kappa shape index (κ3) is 4.54. The van der Waals surface area contributed by atoms with Crippen molar-refractivity contribution in [2.45, 2.75) is 32.5 Å². The molecule has 6 heteroatoms. The highest BCUT2D eigenvalue weighted by atomic mass is 19.1. The molecule has 0 saturated carbocycles. The monoisotopic (exact) mass is 434 g/mol. The Morgan fingerprint density at radius 3 is 2.59 bits per heavy atom. The molecule has 0 aromatic heterocycles. The quantitative estimate of drug-likeness (QED) is 0.488. The Hall–Kier alpha value is -3.54. The van der Waals surface area contributed by atoms with Gasteiger partial charge in [0.15, 0.2) is 0 Å². The average Bonchev–Trinajstić information content (AvgIpc) is 2.83. The highest BCUT2D eigenvalue weighted by Gasteiger charge is 2.32. The van der Waals surface area contributed by atoms with E-state index >= 15 is 0 Å². The number of para-hydroxylation sites is 1. The van der Waals surface area contributed by atoms with E-state index in [1.165, 1.54) is 12.1 Å². The standard InChI is InChI=1S/C26H27FN2O3/c1-3-4-15-29-25(28-23-8-6-5-7-22(23)26(29)30)18-9-14-24(31-2)19(16-18)17-32-21-12-10-20(27)11-13-21/h5-14,16,25,28H,3-4,15,17H2,1-2H3. The van der Waals surface area contributed by atoms with Crippen LogP contribution in [0.5, 0.6) is 11.5 Å². The number of fused-ring (bicyclic) bond motifs is 1. The number of amides is 1. The van der Waals surface area contributed by atoms with Gasteiger partial charge in [0.05, 0.1) is 12.7 Å². The van der Waals surface area contributed by atoms with Gasteiger partial charge in [-0.1, -0.05) is 31.5 Å². The molecule has 1 aliphatic heterocycles. The van der Waals surface area contributed by atoms with E-state index in [4.69, 9.17) is 9.47 Å². The number of benzene rings is 3. The minimum absolute atomic E-state index is 0.0257. The first-order valence-corrected chi connectivity index (χ1v) is 10.8. The number of unbranched alkanes of at least 4 members (excludes halogenated alkanes) is 1. The van der Waals surface area contributed by atoms with Crippen LogP contribution in [0.4, 0.5) is 10.1 Å². The highest BCUT2D eigenvalue weighted by Crippen LogP contribution is 2.35. The van der Waals surface area contributed by atoms with Gasteiger partial charge in [0, 0.05) is 17.8 Å². The predicted octanol–water partition coefficient (Wildman–Crippen LogP) is 5.78. The lowest BCUT2D eigenvalue weighted by atomic mass is 10.0. The number of anilines is 1. The molecule has 32 heavy (non-hydrogen) atoms. The van der Waals surface area contributed by atoms with Crippen LogP contribution in [-0.4, -0.2) is 24.5 Å². The number of halogens is 1. The summed E-state index contributed by atoms with van der Waals surface area (Å²) in [5.41, 5.74) is 3.31. The Balaban J connectivity index is 1.64. The van der Waals surface area contributed by atoms with E-state index in [2.05, 4.69) is 12.2 Å². The lowest BCUT2D eigenvalue weighted by molar-refractivity contribution is 0.0680. The Labute approximate surface area is 187 Å². The molecule has 1 aliphatic rings. The normalized spacial score (nSPS) is 15.2. The summed E-state index contributed by atoms with van der Waals surface area (Å²) >= 11 is 0. The molecule has 1 amide bonds. The number of carbonyl (C=O) groups excluding carboxylic acids is 1. The van der Waals surface area contributed by atoms with Crippen LogP contribution < -0.4 is 14.8 Å². The molecule has 0 fully saturated rings. The van der Waals surface area contributed by atoms with Gasteiger partial charge in [0.25, 0.3) is 5.91 Å². The van der Waals surface area contributed by atoms with Gasteiger partial charge in [-0.25, -0.2) is 4.39 Å². The summed E-state index contributed by atoms with van der Waals surface area (Å²) in [7, 11) is 1.61. The Morgan fingerprint density at radius 1 is 1.06 bits per heavy atom. The Morgan fingerprint density at radius 2 is 1.84 bits per heavy atom. The molecule has 1 heterocycles. The summed E-state index contributed by atoms with van der Waals surface area (Å²) in [6, 6.07) is 19.4. The molecular weight excluding hydrogens is 407 g/mol. The van der Waals surface area contributed by atoms with Gasteiger partial charge >= 0.3 is 0 Å². The van der Waals surface area contributed by atoms with Crippen LogP contribution in [0.1, 0.15) is 47.4 Å². The maximum atomic E-state index is 13.3. The van der Waals surface area contributed by atoms with Crippen molar-refractivity contribution in [2.75, 3.05) is 19.0 Å². The van der Waals surface area contributed by atoms with E-state index in [1.807, 2.05) is 47.4 Å². The number of ether oxygens (including phenoxy) is 2. The second-order valence-corrected chi connectivity index (χ2v) is 7.76. The molecule has 3 aromatic carbocycles. The lowest BCUT2D eigenvalue weighted by Crippen LogP contribution is -2.43. The van der Waals surface area contributed by atoms with Crippen molar-refractivity contribution in [3.63, 3.8) is 0 Å². The van der Waals surface area contributed by atoms with E-state index in [0.717, 1.165) is 29.7 Å². The Kier molecular flexibility index (Phi) is 6.59. The zero-order chi connectivity index (χ0) is 22.5. The number of methoxy groups -OCH3 is 1. The molecular formula is C26H27FN2O3. The molecule has 0 aliphatic carbocycles. The molecule has 1 atom stereocenters. The molecule has 3 aromatic rings. The van der Waals surface area contributed by atoms with Gasteiger partial charge in [-0.15, -0.1) is 0 Å². The zero-order valence-electron chi connectivity index (χ0n) is 18.3. The largest absolute Gasteiger partial charge is 0.496 e. The predicted molar refractivity (Wildman–Crippen MR) is 122 cm³/mol. The molecule has 0 bridgehead atoms. The topological polar surface area (TPSA) is 50.8 Å². The smallest absolute Gasteiger partial charge is 0.257 e. The third-order valence-corrected chi connectivity index (χ3v) is 5.60. The minimum atomic E-state index is -0.308. The van der Waals surface area contributed by atoms with Crippen LogP contribution in [0.15, 0.2) is 66.7 Å². The van der Waals surface area contributed by atoms with Crippen LogP contribution in [0.3, 0.4) is 0 Å². The van der Waals surface area contributed by atoms with E-state index in [-0.39, 0.29) is 24.5 Å². The number of nitrogens with zero attached hydrogens (tertiary/aromatic N) is 1. The van der Waals surface area contributed by atoms with Crippen LogP contribution >= 0.6 is 0 Å². The average molecular weight is 435 g/mol. The number of rotatable bonds is 8. The lowest BCUT2D eigenvalue weighted by Gasteiger charge is -2.38. The maximum absolute atomic E-state index is 13.3. The zero-order valence-corrected chi connectivity index (χ0v) is 18.3. The highest BCUT2D eigenvalue weighted by molar-refractivity contribution is 6.01. The van der Waals surface area contributed by atoms with Crippen LogP contribution in [0.2, 0.25) is 0 Å². The molecule has 0 spiro atoms. The number of hydrogen-bond donors (Lipinski definition) is 1. The Bertz CT molecular complexity index is 1080. The van der Waals surface area contributed by atoms with Crippen LogP contribution in [0, 0.1) is 5.82 Å². The molecule has 1 unspecified atom stereocenters. The second-order valence-electron chi connectivity index (χ2n) is 7.76. The number of hydrogen-bond acceptors (Lipinski definition) is 4. The molecule has 166 valence electrons. The van der Waals surface area contributed by atoms with Gasteiger partial charge in [-0.3, -0.25) is 4.79 Å². The molecule has 0 radical (unpaired) electrons. The van der Waals surface area contributed by atoms with Crippen molar-refractivity contribution < 1.29 is 18.7 Å². The number of nitrogens with one attached hydrogen (secondary N) is 1. The van der Waals surface area contributed by atoms with E-state index < -0.39 is 0 Å². The van der Waals surface area contributed by atoms with Crippen molar-refractivity contribution in [3.05, 3.63) is 89.2 Å². The van der Waals surface area contributed by atoms with Crippen molar-refractivity contribution in [1.82, 2.24) is 4.90 Å². The summed E-state index contributed by atoms with van der Waals surface area (Å²) in [5, 5.41) is 3.53. The van der Waals surface area contributed by atoms with Crippen LogP contribution in [-0.2, 0) is 6.61 Å². The minimum Gasteiger partial charge on any atom is -0.496 e. The van der Waals surface area contributed by atoms with Crippen molar-refractivity contribution in [1.29, 1.82) is 0 Å². The molecule has 1 N–H and O–H groups in total. The summed E-state index contributed by atoms with van der Waals surface area (Å²) in [6.45, 7) is 3.03. The van der Waals surface area contributed by atoms with Gasteiger partial charge in [-0.05, 0) is 60.5 Å². The first-order valence-electron chi connectivity index (χ1n) is 10.8. The fourth-order valence-electron chi connectivity index (χ4n) is 3.89. The molecule has 0 saturated heterocycles. The first kappa shape index (κ1) is 21.7. The summed E-state index contributed by atoms with van der Waals surface area (Å²) in [4.78, 5) is 15.1. The van der Waals surface area contributed by atoms with E-state index in [1.54, 1.807) is 19.2 Å². The summed E-state index contributed by atoms with van der Waals surface area (Å²) in [6.07, 6.45) is 1.62.